The average Bonchev–Trinajstić information content (AvgIpc) is 2.40. The van der Waals surface area contributed by atoms with Gasteiger partial charge in [0.25, 0.3) is 0 Å². The first-order valence-electron chi connectivity index (χ1n) is 7.87. The second-order valence-corrected chi connectivity index (χ2v) is 5.85. The molecule has 0 aliphatic rings. The van der Waals surface area contributed by atoms with Crippen molar-refractivity contribution in [2.45, 2.75) is 48.0 Å². The highest BCUT2D eigenvalue weighted by atomic mass is 14.5. The van der Waals surface area contributed by atoms with E-state index in [1.54, 1.807) is 0 Å². The maximum atomic E-state index is 5.67. The molecule has 0 amide bonds. The van der Waals surface area contributed by atoms with Crippen molar-refractivity contribution in [2.75, 3.05) is 5.73 Å². The van der Waals surface area contributed by atoms with Crippen LogP contribution in [0.5, 0.6) is 0 Å². The summed E-state index contributed by atoms with van der Waals surface area (Å²) in [5, 5.41) is 0. The van der Waals surface area contributed by atoms with Crippen LogP contribution >= 0.6 is 0 Å². The largest absolute Gasteiger partial charge is 0.399 e. The second kappa shape index (κ2) is 10.7. The Morgan fingerprint density at radius 1 is 0.955 bits per heavy atom. The average molecular weight is 297 g/mol. The molecule has 0 aromatic heterocycles. The predicted octanol–water partition coefficient (Wildman–Crippen LogP) is 6.55. The first-order chi connectivity index (χ1) is 10.3. The minimum absolute atomic E-state index is 0.809. The lowest BCUT2D eigenvalue weighted by atomic mass is 9.99. The first kappa shape index (κ1) is 20.0. The third kappa shape index (κ3) is 8.31. The Kier molecular flexibility index (Phi) is 9.69. The lowest BCUT2D eigenvalue weighted by Crippen LogP contribution is -1.86. The molecule has 2 N–H and O–H groups in total. The minimum Gasteiger partial charge on any atom is -0.399 e. The molecule has 0 aliphatic carbocycles. The molecule has 2 aromatic carbocycles. The quantitative estimate of drug-likeness (QED) is 0.468. The van der Waals surface area contributed by atoms with Crippen LogP contribution in [0, 0.1) is 13.8 Å². The van der Waals surface area contributed by atoms with Crippen LogP contribution in [0.3, 0.4) is 0 Å². The summed E-state index contributed by atoms with van der Waals surface area (Å²) >= 11 is 0. The van der Waals surface area contributed by atoms with Crippen LogP contribution in [0.25, 0.3) is 11.1 Å². The molecular weight excluding hydrogens is 266 g/mol. The van der Waals surface area contributed by atoms with Gasteiger partial charge in [-0.2, -0.15) is 0 Å². The zero-order valence-corrected chi connectivity index (χ0v) is 15.0. The molecule has 0 fully saturated rings. The van der Waals surface area contributed by atoms with Gasteiger partial charge in [-0.1, -0.05) is 61.7 Å². The van der Waals surface area contributed by atoms with Crippen molar-refractivity contribution in [3.63, 3.8) is 0 Å². The number of nitrogens with two attached hydrogens (primary N) is 1. The molecule has 22 heavy (non-hydrogen) atoms. The van der Waals surface area contributed by atoms with Gasteiger partial charge in [-0.15, -0.1) is 6.58 Å². The van der Waals surface area contributed by atoms with Crippen molar-refractivity contribution < 1.29 is 0 Å². The van der Waals surface area contributed by atoms with E-state index >= 15 is 0 Å². The molecule has 0 spiro atoms. The van der Waals surface area contributed by atoms with Crippen LogP contribution in [0.1, 0.15) is 45.2 Å². The molecular formula is C21H31N. The fourth-order valence-corrected chi connectivity index (χ4v) is 1.80. The van der Waals surface area contributed by atoms with Crippen molar-refractivity contribution in [3.05, 3.63) is 65.7 Å². The molecule has 2 rings (SSSR count). The molecule has 1 heteroatoms. The van der Waals surface area contributed by atoms with Crippen LogP contribution < -0.4 is 5.73 Å². The number of hydrogen-bond acceptors (Lipinski definition) is 1. The molecule has 1 nitrogen and oxygen atoms in total. The highest BCUT2D eigenvalue weighted by Crippen LogP contribution is 2.24. The molecule has 0 heterocycles. The first-order valence-corrected chi connectivity index (χ1v) is 7.87. The molecule has 0 saturated carbocycles. The molecule has 0 saturated heterocycles. The number of allylic oxidation sites excluding steroid dienone is 1. The lowest BCUT2D eigenvalue weighted by Gasteiger charge is -2.07. The SMILES string of the molecule is C=C(C)C.CCC.Cc1ccc(-c2ccc(N)cc2)c(C)c1. The third-order valence-corrected chi connectivity index (χ3v) is 2.60. The summed E-state index contributed by atoms with van der Waals surface area (Å²) in [5.41, 5.74) is 12.7. The summed E-state index contributed by atoms with van der Waals surface area (Å²) in [5.74, 6) is 0. The predicted molar refractivity (Wildman–Crippen MR) is 102 cm³/mol. The van der Waals surface area contributed by atoms with Gasteiger partial charge < -0.3 is 5.73 Å². The van der Waals surface area contributed by atoms with E-state index in [-0.39, 0.29) is 0 Å². The zero-order valence-electron chi connectivity index (χ0n) is 15.0. The summed E-state index contributed by atoms with van der Waals surface area (Å²) < 4.78 is 0. The van der Waals surface area contributed by atoms with Crippen LogP contribution in [-0.4, -0.2) is 0 Å². The van der Waals surface area contributed by atoms with E-state index in [1.807, 2.05) is 26.0 Å². The Morgan fingerprint density at radius 3 is 1.82 bits per heavy atom. The fraction of sp³-hybridized carbons (Fsp3) is 0.333. The van der Waals surface area contributed by atoms with Crippen molar-refractivity contribution >= 4 is 5.69 Å². The Labute approximate surface area is 136 Å². The van der Waals surface area contributed by atoms with Crippen LogP contribution in [0.15, 0.2) is 54.6 Å². The van der Waals surface area contributed by atoms with Gasteiger partial charge in [0.2, 0.25) is 0 Å². The van der Waals surface area contributed by atoms with Crippen LogP contribution in [0.4, 0.5) is 5.69 Å². The highest BCUT2D eigenvalue weighted by Gasteiger charge is 2.01. The van der Waals surface area contributed by atoms with Gasteiger partial charge in [-0.25, -0.2) is 0 Å². The summed E-state index contributed by atoms with van der Waals surface area (Å²) in [4.78, 5) is 0. The van der Waals surface area contributed by atoms with Gasteiger partial charge >= 0.3 is 0 Å². The van der Waals surface area contributed by atoms with Gasteiger partial charge in [0.1, 0.15) is 0 Å². The molecule has 0 atom stereocenters. The fourth-order valence-electron chi connectivity index (χ4n) is 1.80. The Balaban J connectivity index is 0.000000537. The molecule has 0 bridgehead atoms. The van der Waals surface area contributed by atoms with E-state index in [4.69, 9.17) is 5.73 Å². The van der Waals surface area contributed by atoms with E-state index < -0.39 is 0 Å². The summed E-state index contributed by atoms with van der Waals surface area (Å²) in [7, 11) is 0. The molecule has 0 radical (unpaired) electrons. The summed E-state index contributed by atoms with van der Waals surface area (Å²) in [6.45, 7) is 16.0. The van der Waals surface area contributed by atoms with E-state index in [0.717, 1.165) is 5.69 Å². The topological polar surface area (TPSA) is 26.0 Å². The normalized spacial score (nSPS) is 9.00. The van der Waals surface area contributed by atoms with Gasteiger partial charge in [0.15, 0.2) is 0 Å². The van der Waals surface area contributed by atoms with Crippen molar-refractivity contribution in [1.29, 1.82) is 0 Å². The second-order valence-electron chi connectivity index (χ2n) is 5.85. The monoisotopic (exact) mass is 297 g/mol. The van der Waals surface area contributed by atoms with Gasteiger partial charge in [0.05, 0.1) is 0 Å². The van der Waals surface area contributed by atoms with E-state index in [2.05, 4.69) is 64.6 Å². The lowest BCUT2D eigenvalue weighted by molar-refractivity contribution is 1.09. The Bertz CT molecular complexity index is 561. The molecule has 0 unspecified atom stereocenters. The maximum Gasteiger partial charge on any atom is 0.0314 e. The third-order valence-electron chi connectivity index (χ3n) is 2.60. The number of anilines is 1. The summed E-state index contributed by atoms with van der Waals surface area (Å²) in [6.07, 6.45) is 1.25. The number of rotatable bonds is 1. The zero-order chi connectivity index (χ0) is 17.1. The van der Waals surface area contributed by atoms with Crippen molar-refractivity contribution in [2.24, 2.45) is 0 Å². The highest BCUT2D eigenvalue weighted by molar-refractivity contribution is 5.69. The van der Waals surface area contributed by atoms with E-state index in [9.17, 15) is 0 Å². The van der Waals surface area contributed by atoms with Gasteiger partial charge in [0, 0.05) is 5.69 Å². The smallest absolute Gasteiger partial charge is 0.0314 e. The van der Waals surface area contributed by atoms with Crippen LogP contribution in [-0.2, 0) is 0 Å². The molecule has 0 aliphatic heterocycles. The Morgan fingerprint density at radius 2 is 1.41 bits per heavy atom. The number of hydrogen-bond donors (Lipinski definition) is 1. The van der Waals surface area contributed by atoms with Gasteiger partial charge in [-0.3, -0.25) is 0 Å². The number of aryl methyl sites for hydroxylation is 2. The molecule has 120 valence electrons. The minimum atomic E-state index is 0.809. The molecule has 2 aromatic rings. The van der Waals surface area contributed by atoms with Crippen molar-refractivity contribution in [3.8, 4) is 11.1 Å². The standard InChI is InChI=1S/C14H15N.C4H8.C3H8/c1-10-3-8-14(11(2)9-10)12-4-6-13(15)7-5-12;1-4(2)3;1-3-2/h3-9H,15H2,1-2H3;1H2,2-3H3;3H2,1-2H3. The maximum absolute atomic E-state index is 5.67. The van der Waals surface area contributed by atoms with Crippen LogP contribution in [0.2, 0.25) is 0 Å². The number of nitrogen functional groups attached to an aromatic ring is 1. The number of benzene rings is 2. The Hall–Kier alpha value is -2.02. The van der Waals surface area contributed by atoms with E-state index in [1.165, 1.54) is 34.2 Å². The summed E-state index contributed by atoms with van der Waals surface area (Å²) in [6, 6.07) is 14.5. The van der Waals surface area contributed by atoms with E-state index in [0.29, 0.717) is 0 Å². The van der Waals surface area contributed by atoms with Gasteiger partial charge in [-0.05, 0) is 56.5 Å². The van der Waals surface area contributed by atoms with Crippen molar-refractivity contribution in [1.82, 2.24) is 0 Å².